The average molecular weight is 254 g/mol. The number of rotatable bonds is 5. The first-order chi connectivity index (χ1) is 9.33. The summed E-state index contributed by atoms with van der Waals surface area (Å²) in [7, 11) is 1.65. The fourth-order valence-electron chi connectivity index (χ4n) is 1.84. The van der Waals surface area contributed by atoms with Crippen LogP contribution in [0.25, 0.3) is 6.08 Å². The lowest BCUT2D eigenvalue weighted by molar-refractivity contribution is 0.284. The summed E-state index contributed by atoms with van der Waals surface area (Å²) in [6.45, 7) is 2.53. The molecule has 0 atom stereocenters. The fraction of sp³-hybridized carbons (Fsp3) is 0.176. The lowest BCUT2D eigenvalue weighted by Crippen LogP contribution is -1.97. The van der Waals surface area contributed by atoms with Crippen molar-refractivity contribution in [2.24, 2.45) is 0 Å². The summed E-state index contributed by atoms with van der Waals surface area (Å²) < 4.78 is 11.2. The molecule has 0 N–H and O–H groups in total. The smallest absolute Gasteiger partial charge is 0.162 e. The van der Waals surface area contributed by atoms with Crippen molar-refractivity contribution in [3.05, 3.63) is 65.7 Å². The zero-order chi connectivity index (χ0) is 13.5. The molecule has 0 saturated heterocycles. The molecular weight excluding hydrogens is 236 g/mol. The third-order valence-electron chi connectivity index (χ3n) is 2.78. The average Bonchev–Trinajstić information content (AvgIpc) is 2.47. The second kappa shape index (κ2) is 6.64. The topological polar surface area (TPSA) is 18.5 Å². The molecule has 0 unspecified atom stereocenters. The number of hydrogen-bond donors (Lipinski definition) is 0. The normalized spacial score (nSPS) is 10.6. The molecule has 2 rings (SSSR count). The van der Waals surface area contributed by atoms with E-state index in [0.717, 1.165) is 22.6 Å². The molecule has 0 saturated carbocycles. The van der Waals surface area contributed by atoms with Crippen molar-refractivity contribution in [2.45, 2.75) is 13.5 Å². The summed E-state index contributed by atoms with van der Waals surface area (Å²) in [6.07, 6.45) is 4.04. The summed E-state index contributed by atoms with van der Waals surface area (Å²) in [5, 5.41) is 0. The van der Waals surface area contributed by atoms with E-state index < -0.39 is 0 Å². The van der Waals surface area contributed by atoms with Crippen molar-refractivity contribution in [1.29, 1.82) is 0 Å². The highest BCUT2D eigenvalue weighted by molar-refractivity contribution is 5.55. The third kappa shape index (κ3) is 3.62. The van der Waals surface area contributed by atoms with Crippen LogP contribution in [0, 0.1) is 0 Å². The Balaban J connectivity index is 2.15. The van der Waals surface area contributed by atoms with Crippen molar-refractivity contribution in [2.75, 3.05) is 7.11 Å². The van der Waals surface area contributed by atoms with Gasteiger partial charge in [-0.3, -0.25) is 0 Å². The Kier molecular flexibility index (Phi) is 4.62. The maximum atomic E-state index is 5.84. The predicted octanol–water partition coefficient (Wildman–Crippen LogP) is 4.31. The SMILES string of the molecule is CC=Cc1ccc(OC)c(OCc2ccccc2)c1. The minimum absolute atomic E-state index is 0.538. The highest BCUT2D eigenvalue weighted by atomic mass is 16.5. The Morgan fingerprint density at radius 2 is 1.79 bits per heavy atom. The van der Waals surface area contributed by atoms with Crippen LogP contribution in [0.15, 0.2) is 54.6 Å². The Morgan fingerprint density at radius 3 is 2.47 bits per heavy atom. The van der Waals surface area contributed by atoms with Crippen molar-refractivity contribution < 1.29 is 9.47 Å². The Hall–Kier alpha value is -2.22. The van der Waals surface area contributed by atoms with E-state index in [2.05, 4.69) is 0 Å². The molecule has 0 aliphatic heterocycles. The van der Waals surface area contributed by atoms with E-state index in [-0.39, 0.29) is 0 Å². The van der Waals surface area contributed by atoms with Gasteiger partial charge in [0.05, 0.1) is 7.11 Å². The molecule has 0 fully saturated rings. The van der Waals surface area contributed by atoms with Gasteiger partial charge in [-0.15, -0.1) is 0 Å². The van der Waals surface area contributed by atoms with Gasteiger partial charge in [0.1, 0.15) is 6.61 Å². The van der Waals surface area contributed by atoms with Gasteiger partial charge in [-0.05, 0) is 30.2 Å². The molecule has 2 aromatic rings. The van der Waals surface area contributed by atoms with E-state index >= 15 is 0 Å². The number of allylic oxidation sites excluding steroid dienone is 1. The second-order valence-corrected chi connectivity index (χ2v) is 4.18. The van der Waals surface area contributed by atoms with Crippen LogP contribution in [0.1, 0.15) is 18.1 Å². The summed E-state index contributed by atoms with van der Waals surface area (Å²) in [5.74, 6) is 1.52. The molecule has 0 heterocycles. The third-order valence-corrected chi connectivity index (χ3v) is 2.78. The minimum Gasteiger partial charge on any atom is -0.493 e. The van der Waals surface area contributed by atoms with E-state index in [1.54, 1.807) is 7.11 Å². The molecule has 2 aromatic carbocycles. The number of methoxy groups -OCH3 is 1. The van der Waals surface area contributed by atoms with Gasteiger partial charge in [0.2, 0.25) is 0 Å². The molecule has 2 heteroatoms. The van der Waals surface area contributed by atoms with Gasteiger partial charge in [0.15, 0.2) is 11.5 Å². The number of hydrogen-bond acceptors (Lipinski definition) is 2. The van der Waals surface area contributed by atoms with Crippen LogP contribution in [0.5, 0.6) is 11.5 Å². The van der Waals surface area contributed by atoms with E-state index in [1.165, 1.54) is 0 Å². The number of ether oxygens (including phenoxy) is 2. The summed E-state index contributed by atoms with van der Waals surface area (Å²) in [5.41, 5.74) is 2.24. The van der Waals surface area contributed by atoms with E-state index in [0.29, 0.717) is 6.61 Å². The first-order valence-corrected chi connectivity index (χ1v) is 6.31. The van der Waals surface area contributed by atoms with Crippen LogP contribution >= 0.6 is 0 Å². The monoisotopic (exact) mass is 254 g/mol. The second-order valence-electron chi connectivity index (χ2n) is 4.18. The predicted molar refractivity (Wildman–Crippen MR) is 78.5 cm³/mol. The fourth-order valence-corrected chi connectivity index (χ4v) is 1.84. The van der Waals surface area contributed by atoms with Crippen molar-refractivity contribution in [1.82, 2.24) is 0 Å². The summed E-state index contributed by atoms with van der Waals surface area (Å²) in [4.78, 5) is 0. The van der Waals surface area contributed by atoms with Crippen LogP contribution in [0.2, 0.25) is 0 Å². The lowest BCUT2D eigenvalue weighted by atomic mass is 10.2. The number of benzene rings is 2. The van der Waals surface area contributed by atoms with Gasteiger partial charge in [0.25, 0.3) is 0 Å². The molecule has 19 heavy (non-hydrogen) atoms. The van der Waals surface area contributed by atoms with Gasteiger partial charge in [-0.25, -0.2) is 0 Å². The van der Waals surface area contributed by atoms with Crippen molar-refractivity contribution in [3.8, 4) is 11.5 Å². The van der Waals surface area contributed by atoms with Crippen LogP contribution in [-0.4, -0.2) is 7.11 Å². The Bertz CT molecular complexity index is 544. The van der Waals surface area contributed by atoms with Crippen LogP contribution < -0.4 is 9.47 Å². The van der Waals surface area contributed by atoms with Crippen molar-refractivity contribution in [3.63, 3.8) is 0 Å². The Labute approximate surface area is 114 Å². The zero-order valence-electron chi connectivity index (χ0n) is 11.3. The quantitative estimate of drug-likeness (QED) is 0.791. The largest absolute Gasteiger partial charge is 0.493 e. The van der Waals surface area contributed by atoms with Crippen LogP contribution in [0.4, 0.5) is 0 Å². The molecular formula is C17H18O2. The van der Waals surface area contributed by atoms with Gasteiger partial charge in [0, 0.05) is 0 Å². The highest BCUT2D eigenvalue weighted by Gasteiger charge is 2.05. The van der Waals surface area contributed by atoms with E-state index in [1.807, 2.05) is 67.6 Å². The molecule has 2 nitrogen and oxygen atoms in total. The van der Waals surface area contributed by atoms with E-state index in [4.69, 9.17) is 9.47 Å². The first-order valence-electron chi connectivity index (χ1n) is 6.31. The summed E-state index contributed by atoms with van der Waals surface area (Å²) >= 11 is 0. The minimum atomic E-state index is 0.538. The molecule has 98 valence electrons. The van der Waals surface area contributed by atoms with Gasteiger partial charge in [-0.2, -0.15) is 0 Å². The first kappa shape index (κ1) is 13.2. The highest BCUT2D eigenvalue weighted by Crippen LogP contribution is 2.29. The van der Waals surface area contributed by atoms with Gasteiger partial charge in [-0.1, -0.05) is 48.6 Å². The molecule has 0 bridgehead atoms. The molecule has 0 aliphatic rings. The van der Waals surface area contributed by atoms with Gasteiger partial charge < -0.3 is 9.47 Å². The molecule has 0 amide bonds. The van der Waals surface area contributed by atoms with Crippen LogP contribution in [0.3, 0.4) is 0 Å². The summed E-state index contributed by atoms with van der Waals surface area (Å²) in [6, 6.07) is 16.0. The molecule has 0 aromatic heterocycles. The Morgan fingerprint density at radius 1 is 1.00 bits per heavy atom. The molecule has 0 aliphatic carbocycles. The lowest BCUT2D eigenvalue weighted by Gasteiger charge is -2.11. The van der Waals surface area contributed by atoms with Crippen molar-refractivity contribution >= 4 is 6.08 Å². The maximum Gasteiger partial charge on any atom is 0.162 e. The van der Waals surface area contributed by atoms with Gasteiger partial charge >= 0.3 is 0 Å². The van der Waals surface area contributed by atoms with Crippen LogP contribution in [-0.2, 0) is 6.61 Å². The standard InChI is InChI=1S/C17H18O2/c1-3-7-14-10-11-16(18-2)17(12-14)19-13-15-8-5-4-6-9-15/h3-12H,13H2,1-2H3. The zero-order valence-corrected chi connectivity index (χ0v) is 11.3. The van der Waals surface area contributed by atoms with E-state index in [9.17, 15) is 0 Å². The molecule has 0 spiro atoms. The maximum absolute atomic E-state index is 5.84. The molecule has 0 radical (unpaired) electrons.